The molecule has 0 radical (unpaired) electrons. The van der Waals surface area contributed by atoms with Crippen LogP contribution in [0, 0.1) is 11.3 Å². The predicted molar refractivity (Wildman–Crippen MR) is 48.8 cm³/mol. The first kappa shape index (κ1) is 11.4. The van der Waals surface area contributed by atoms with Crippen LogP contribution in [0.15, 0.2) is 0 Å². The van der Waals surface area contributed by atoms with Gasteiger partial charge in [-0.15, -0.1) is 0 Å². The molecule has 0 amide bonds. The Morgan fingerprint density at radius 2 is 2.17 bits per heavy atom. The van der Waals surface area contributed by atoms with Crippen LogP contribution in [0.3, 0.4) is 0 Å². The molecule has 0 aromatic carbocycles. The van der Waals surface area contributed by atoms with Crippen molar-refractivity contribution in [2.24, 2.45) is 0 Å². The highest BCUT2D eigenvalue weighted by Crippen LogP contribution is 1.92. The maximum absolute atomic E-state index is 8.20. The molecule has 0 unspecified atom stereocenters. The molecule has 3 heteroatoms. The van der Waals surface area contributed by atoms with Gasteiger partial charge in [0.05, 0.1) is 18.7 Å². The van der Waals surface area contributed by atoms with Crippen LogP contribution >= 0.6 is 0 Å². The number of unbranched alkanes of at least 4 members (excludes halogenated alkanes) is 1. The summed E-state index contributed by atoms with van der Waals surface area (Å²) in [4.78, 5) is 0. The zero-order valence-electron chi connectivity index (χ0n) is 7.97. The fourth-order valence-corrected chi connectivity index (χ4v) is 0.815. The second-order valence-electron chi connectivity index (χ2n) is 2.96. The van der Waals surface area contributed by atoms with Gasteiger partial charge in [-0.25, -0.2) is 0 Å². The molecule has 0 aliphatic heterocycles. The molecular weight excluding hydrogens is 152 g/mol. The van der Waals surface area contributed by atoms with Gasteiger partial charge in [0.25, 0.3) is 0 Å². The summed E-state index contributed by atoms with van der Waals surface area (Å²) in [6.45, 7) is 6.26. The zero-order chi connectivity index (χ0) is 9.23. The van der Waals surface area contributed by atoms with E-state index in [2.05, 4.69) is 5.32 Å². The summed E-state index contributed by atoms with van der Waals surface area (Å²) in [5, 5.41) is 11.2. The third-order valence-corrected chi connectivity index (χ3v) is 1.40. The molecule has 0 heterocycles. The van der Waals surface area contributed by atoms with Crippen LogP contribution in [0.1, 0.15) is 26.7 Å². The Labute approximate surface area is 74.7 Å². The van der Waals surface area contributed by atoms with Gasteiger partial charge in [0, 0.05) is 6.61 Å². The highest BCUT2D eigenvalue weighted by Gasteiger charge is 1.92. The summed E-state index contributed by atoms with van der Waals surface area (Å²) in [5.41, 5.74) is 0. The number of ether oxygens (including phenoxy) is 1. The zero-order valence-corrected chi connectivity index (χ0v) is 7.97. The Hall–Kier alpha value is -0.590. The van der Waals surface area contributed by atoms with Crippen LogP contribution in [-0.4, -0.2) is 25.8 Å². The van der Waals surface area contributed by atoms with Gasteiger partial charge in [0.15, 0.2) is 0 Å². The average molecular weight is 170 g/mol. The van der Waals surface area contributed by atoms with E-state index in [4.69, 9.17) is 10.00 Å². The van der Waals surface area contributed by atoms with Crippen molar-refractivity contribution in [3.63, 3.8) is 0 Å². The molecule has 0 aliphatic rings. The fourth-order valence-electron chi connectivity index (χ4n) is 0.815. The van der Waals surface area contributed by atoms with E-state index < -0.39 is 0 Å². The van der Waals surface area contributed by atoms with Crippen LogP contribution in [0.25, 0.3) is 0 Å². The fraction of sp³-hybridized carbons (Fsp3) is 0.889. The first-order chi connectivity index (χ1) is 5.77. The lowest BCUT2D eigenvalue weighted by molar-refractivity contribution is 0.0761. The van der Waals surface area contributed by atoms with Gasteiger partial charge in [0.1, 0.15) is 0 Å². The van der Waals surface area contributed by atoms with Gasteiger partial charge in [0.2, 0.25) is 0 Å². The molecule has 3 nitrogen and oxygen atoms in total. The average Bonchev–Trinajstić information content (AvgIpc) is 2.02. The Kier molecular flexibility index (Phi) is 8.09. The van der Waals surface area contributed by atoms with E-state index >= 15 is 0 Å². The summed E-state index contributed by atoms with van der Waals surface area (Å²) >= 11 is 0. The van der Waals surface area contributed by atoms with Crippen LogP contribution in [0.5, 0.6) is 0 Å². The highest BCUT2D eigenvalue weighted by molar-refractivity contribution is 4.72. The second kappa shape index (κ2) is 8.51. The Morgan fingerprint density at radius 1 is 1.42 bits per heavy atom. The summed E-state index contributed by atoms with van der Waals surface area (Å²) in [6, 6.07) is 2.03. The molecule has 70 valence electrons. The third-order valence-electron chi connectivity index (χ3n) is 1.40. The minimum atomic E-state index is 0.331. The van der Waals surface area contributed by atoms with Crippen molar-refractivity contribution in [1.82, 2.24) is 5.32 Å². The summed E-state index contributed by atoms with van der Waals surface area (Å²) in [7, 11) is 0. The number of hydrogen-bond donors (Lipinski definition) is 1. The molecule has 0 rings (SSSR count). The minimum Gasteiger partial charge on any atom is -0.379 e. The van der Waals surface area contributed by atoms with E-state index in [1.54, 1.807) is 0 Å². The molecule has 12 heavy (non-hydrogen) atoms. The van der Waals surface area contributed by atoms with E-state index in [0.717, 1.165) is 26.0 Å². The number of hydrogen-bond acceptors (Lipinski definition) is 3. The number of nitriles is 1. The van der Waals surface area contributed by atoms with Crippen molar-refractivity contribution in [1.29, 1.82) is 5.26 Å². The molecule has 0 bridgehead atoms. The van der Waals surface area contributed by atoms with Gasteiger partial charge < -0.3 is 10.1 Å². The Balaban J connectivity index is 2.87. The minimum absolute atomic E-state index is 0.331. The van der Waals surface area contributed by atoms with Gasteiger partial charge in [-0.2, -0.15) is 5.26 Å². The lowest BCUT2D eigenvalue weighted by atomic mass is 10.3. The van der Waals surface area contributed by atoms with E-state index in [0.29, 0.717) is 12.6 Å². The Bertz CT molecular complexity index is 129. The summed E-state index contributed by atoms with van der Waals surface area (Å²) in [6.07, 6.45) is 2.47. The molecule has 1 N–H and O–H groups in total. The summed E-state index contributed by atoms with van der Waals surface area (Å²) < 4.78 is 5.36. The smallest absolute Gasteiger partial charge is 0.0840 e. The first-order valence-electron chi connectivity index (χ1n) is 4.46. The summed E-state index contributed by atoms with van der Waals surface area (Å²) in [5.74, 6) is 0. The lowest BCUT2D eigenvalue weighted by Crippen LogP contribution is -2.16. The molecule has 0 aliphatic carbocycles. The van der Waals surface area contributed by atoms with E-state index in [1.165, 1.54) is 0 Å². The van der Waals surface area contributed by atoms with Crippen molar-refractivity contribution in [3.05, 3.63) is 0 Å². The van der Waals surface area contributed by atoms with Crippen LogP contribution < -0.4 is 5.32 Å². The molecule has 0 saturated heterocycles. The monoisotopic (exact) mass is 170 g/mol. The number of rotatable bonds is 7. The van der Waals surface area contributed by atoms with Gasteiger partial charge in [-0.05, 0) is 33.2 Å². The molecule has 0 atom stereocenters. The molecule has 0 aromatic rings. The second-order valence-corrected chi connectivity index (χ2v) is 2.96. The normalized spacial score (nSPS) is 10.2. The van der Waals surface area contributed by atoms with E-state index in [9.17, 15) is 0 Å². The molecule has 0 saturated carbocycles. The van der Waals surface area contributed by atoms with E-state index in [-0.39, 0.29) is 0 Å². The van der Waals surface area contributed by atoms with Crippen LogP contribution in [0.4, 0.5) is 0 Å². The maximum atomic E-state index is 8.20. The van der Waals surface area contributed by atoms with Crippen LogP contribution in [-0.2, 0) is 4.74 Å². The molecule has 0 fully saturated rings. The van der Waals surface area contributed by atoms with Crippen molar-refractivity contribution in [2.45, 2.75) is 32.8 Å². The van der Waals surface area contributed by atoms with Crippen LogP contribution in [0.2, 0.25) is 0 Å². The lowest BCUT2D eigenvalue weighted by Gasteiger charge is -2.06. The van der Waals surface area contributed by atoms with Crippen molar-refractivity contribution in [2.75, 3.05) is 19.7 Å². The number of nitrogens with one attached hydrogen (secondary N) is 1. The van der Waals surface area contributed by atoms with Gasteiger partial charge >= 0.3 is 0 Å². The molecule has 0 spiro atoms. The number of nitrogens with zero attached hydrogens (tertiary/aromatic N) is 1. The Morgan fingerprint density at radius 3 is 2.75 bits per heavy atom. The topological polar surface area (TPSA) is 45.0 Å². The quantitative estimate of drug-likeness (QED) is 0.463. The first-order valence-corrected chi connectivity index (χ1v) is 4.46. The van der Waals surface area contributed by atoms with Gasteiger partial charge in [-0.1, -0.05) is 0 Å². The third kappa shape index (κ3) is 9.41. The standard InChI is InChI=1S/C9H18N2O/c1-9(2)12-8-4-3-6-11-7-5-10/h9,11H,3-4,6-8H2,1-2H3. The van der Waals surface area contributed by atoms with Crippen molar-refractivity contribution >= 4 is 0 Å². The van der Waals surface area contributed by atoms with Crippen molar-refractivity contribution < 1.29 is 4.74 Å². The SMILES string of the molecule is CC(C)OCCCCNCC#N. The molecule has 0 aromatic heterocycles. The predicted octanol–water partition coefficient (Wildman–Crippen LogP) is 1.30. The maximum Gasteiger partial charge on any atom is 0.0840 e. The van der Waals surface area contributed by atoms with Crippen molar-refractivity contribution in [3.8, 4) is 6.07 Å². The highest BCUT2D eigenvalue weighted by atomic mass is 16.5. The van der Waals surface area contributed by atoms with Gasteiger partial charge in [-0.3, -0.25) is 0 Å². The van der Waals surface area contributed by atoms with E-state index in [1.807, 2.05) is 19.9 Å². The molecular formula is C9H18N2O. The largest absolute Gasteiger partial charge is 0.379 e.